The second kappa shape index (κ2) is 7.90. The van der Waals surface area contributed by atoms with Gasteiger partial charge in [0.15, 0.2) is 0 Å². The third kappa shape index (κ3) is 4.80. The van der Waals surface area contributed by atoms with E-state index in [2.05, 4.69) is 64.9 Å². The summed E-state index contributed by atoms with van der Waals surface area (Å²) in [4.78, 5) is 2.37. The van der Waals surface area contributed by atoms with Gasteiger partial charge in [-0.05, 0) is 32.5 Å². The van der Waals surface area contributed by atoms with Gasteiger partial charge in [0.2, 0.25) is 0 Å². The maximum Gasteiger partial charge on any atom is 0.121 e. The number of nitrogens with zero attached hydrogens (tertiary/aromatic N) is 1. The Balaban J connectivity index is 1.89. The summed E-state index contributed by atoms with van der Waals surface area (Å²) in [5.74, 6) is 0. The molecule has 1 aromatic rings. The maximum atomic E-state index is 3.37. The van der Waals surface area contributed by atoms with Crippen molar-refractivity contribution in [1.82, 2.24) is 15.8 Å². The standard InChI is InChI=1S/C15H25N3S/c1-16-17-15(19-14-10-6-7-11-14)18(2)12-13-8-4-3-5-9-13/h3-5,8-9,14-17H,6-7,10-12H2,1-2H3. The van der Waals surface area contributed by atoms with Crippen LogP contribution in [0, 0.1) is 0 Å². The summed E-state index contributed by atoms with van der Waals surface area (Å²) in [6.07, 6.45) is 5.52. The van der Waals surface area contributed by atoms with E-state index in [9.17, 15) is 0 Å². The topological polar surface area (TPSA) is 27.3 Å². The van der Waals surface area contributed by atoms with Gasteiger partial charge >= 0.3 is 0 Å². The lowest BCUT2D eigenvalue weighted by atomic mass is 10.2. The lowest BCUT2D eigenvalue weighted by Crippen LogP contribution is -2.47. The highest BCUT2D eigenvalue weighted by Crippen LogP contribution is 2.32. The number of hydrazine groups is 1. The van der Waals surface area contributed by atoms with Crippen LogP contribution in [0.25, 0.3) is 0 Å². The molecule has 0 aromatic heterocycles. The molecule has 1 atom stereocenters. The van der Waals surface area contributed by atoms with Crippen LogP contribution >= 0.6 is 11.8 Å². The lowest BCUT2D eigenvalue weighted by Gasteiger charge is -2.30. The Labute approximate surface area is 121 Å². The Morgan fingerprint density at radius 3 is 2.58 bits per heavy atom. The van der Waals surface area contributed by atoms with Crippen molar-refractivity contribution in [1.29, 1.82) is 0 Å². The average Bonchev–Trinajstić information content (AvgIpc) is 2.92. The summed E-state index contributed by atoms with van der Waals surface area (Å²) >= 11 is 2.06. The number of thioether (sulfide) groups is 1. The molecule has 1 saturated carbocycles. The summed E-state index contributed by atoms with van der Waals surface area (Å²) in [5.41, 5.74) is 8.15. The number of rotatable bonds is 7. The van der Waals surface area contributed by atoms with Crippen LogP contribution in [0.4, 0.5) is 0 Å². The van der Waals surface area contributed by atoms with Gasteiger partial charge in [-0.2, -0.15) is 0 Å². The van der Waals surface area contributed by atoms with Gasteiger partial charge in [0, 0.05) is 11.8 Å². The fourth-order valence-corrected chi connectivity index (χ4v) is 3.97. The van der Waals surface area contributed by atoms with Gasteiger partial charge in [-0.1, -0.05) is 43.2 Å². The Morgan fingerprint density at radius 2 is 1.95 bits per heavy atom. The van der Waals surface area contributed by atoms with Crippen LogP contribution in [0.15, 0.2) is 30.3 Å². The van der Waals surface area contributed by atoms with Crippen molar-refractivity contribution in [3.05, 3.63) is 35.9 Å². The highest BCUT2D eigenvalue weighted by Gasteiger charge is 2.23. The number of hydrogen-bond acceptors (Lipinski definition) is 4. The smallest absolute Gasteiger partial charge is 0.121 e. The van der Waals surface area contributed by atoms with E-state index in [1.165, 1.54) is 31.2 Å². The number of benzene rings is 1. The molecule has 106 valence electrons. The van der Waals surface area contributed by atoms with Crippen molar-refractivity contribution < 1.29 is 0 Å². The van der Waals surface area contributed by atoms with Crippen LogP contribution in [-0.2, 0) is 6.54 Å². The molecule has 0 amide bonds. The van der Waals surface area contributed by atoms with Crippen LogP contribution in [0.3, 0.4) is 0 Å². The molecule has 0 saturated heterocycles. The molecule has 1 aliphatic carbocycles. The summed E-state index contributed by atoms with van der Waals surface area (Å²) in [6, 6.07) is 10.7. The SMILES string of the molecule is CNNC(SC1CCCC1)N(C)Cc1ccccc1. The van der Waals surface area contributed by atoms with Crippen molar-refractivity contribution in [2.24, 2.45) is 0 Å². The summed E-state index contributed by atoms with van der Waals surface area (Å²) in [6.45, 7) is 0.972. The summed E-state index contributed by atoms with van der Waals surface area (Å²) in [7, 11) is 4.13. The van der Waals surface area contributed by atoms with Crippen LogP contribution in [0.1, 0.15) is 31.2 Å². The fourth-order valence-electron chi connectivity index (χ4n) is 2.53. The molecule has 0 bridgehead atoms. The molecule has 2 N–H and O–H groups in total. The second-order valence-corrected chi connectivity index (χ2v) is 6.58. The number of nitrogens with one attached hydrogen (secondary N) is 2. The molecule has 0 radical (unpaired) electrons. The Hall–Kier alpha value is -0.550. The predicted molar refractivity (Wildman–Crippen MR) is 83.7 cm³/mol. The largest absolute Gasteiger partial charge is 0.277 e. The van der Waals surface area contributed by atoms with Gasteiger partial charge in [-0.3, -0.25) is 10.3 Å². The molecular formula is C15H25N3S. The third-order valence-corrected chi connectivity index (χ3v) is 5.16. The molecule has 1 aromatic carbocycles. The van der Waals surface area contributed by atoms with Gasteiger partial charge in [-0.15, -0.1) is 11.8 Å². The van der Waals surface area contributed by atoms with Crippen molar-refractivity contribution >= 4 is 11.8 Å². The van der Waals surface area contributed by atoms with E-state index in [0.717, 1.165) is 11.8 Å². The van der Waals surface area contributed by atoms with Crippen LogP contribution in [0.2, 0.25) is 0 Å². The van der Waals surface area contributed by atoms with Gasteiger partial charge in [0.25, 0.3) is 0 Å². The highest BCUT2D eigenvalue weighted by molar-refractivity contribution is 8.00. The molecule has 2 rings (SSSR count). The molecule has 1 unspecified atom stereocenters. The zero-order chi connectivity index (χ0) is 13.5. The Morgan fingerprint density at radius 1 is 1.26 bits per heavy atom. The van der Waals surface area contributed by atoms with E-state index in [0.29, 0.717) is 5.50 Å². The molecule has 1 fully saturated rings. The molecule has 19 heavy (non-hydrogen) atoms. The first-order valence-electron chi connectivity index (χ1n) is 7.11. The van der Waals surface area contributed by atoms with E-state index in [-0.39, 0.29) is 0 Å². The van der Waals surface area contributed by atoms with Crippen molar-refractivity contribution in [2.75, 3.05) is 14.1 Å². The maximum absolute atomic E-state index is 3.37. The zero-order valence-corrected chi connectivity index (χ0v) is 12.7. The van der Waals surface area contributed by atoms with E-state index in [1.54, 1.807) is 0 Å². The Bertz CT molecular complexity index is 352. The highest BCUT2D eigenvalue weighted by atomic mass is 32.2. The summed E-state index contributed by atoms with van der Waals surface area (Å²) in [5, 5.41) is 0.809. The predicted octanol–water partition coefficient (Wildman–Crippen LogP) is 2.80. The molecule has 0 aliphatic heterocycles. The molecule has 1 aliphatic rings. The van der Waals surface area contributed by atoms with Crippen LogP contribution < -0.4 is 10.9 Å². The summed E-state index contributed by atoms with van der Waals surface area (Å²) < 4.78 is 0. The van der Waals surface area contributed by atoms with Crippen LogP contribution in [0.5, 0.6) is 0 Å². The lowest BCUT2D eigenvalue weighted by molar-refractivity contribution is 0.255. The van der Waals surface area contributed by atoms with Crippen LogP contribution in [-0.4, -0.2) is 29.7 Å². The Kier molecular flexibility index (Phi) is 6.17. The second-order valence-electron chi connectivity index (χ2n) is 5.19. The average molecular weight is 279 g/mol. The first-order valence-corrected chi connectivity index (χ1v) is 8.06. The van der Waals surface area contributed by atoms with E-state index in [4.69, 9.17) is 0 Å². The minimum absolute atomic E-state index is 0.327. The van der Waals surface area contributed by atoms with Crippen molar-refractivity contribution in [3.8, 4) is 0 Å². The van der Waals surface area contributed by atoms with Gasteiger partial charge < -0.3 is 0 Å². The third-order valence-electron chi connectivity index (χ3n) is 3.57. The molecule has 0 spiro atoms. The molecule has 3 nitrogen and oxygen atoms in total. The fraction of sp³-hybridized carbons (Fsp3) is 0.600. The number of hydrogen-bond donors (Lipinski definition) is 2. The minimum atomic E-state index is 0.327. The van der Waals surface area contributed by atoms with Crippen molar-refractivity contribution in [3.63, 3.8) is 0 Å². The monoisotopic (exact) mass is 279 g/mol. The van der Waals surface area contributed by atoms with E-state index < -0.39 is 0 Å². The normalized spacial score (nSPS) is 18.1. The van der Waals surface area contributed by atoms with E-state index >= 15 is 0 Å². The van der Waals surface area contributed by atoms with Gasteiger partial charge in [-0.25, -0.2) is 5.43 Å². The minimum Gasteiger partial charge on any atom is -0.277 e. The first-order chi connectivity index (χ1) is 9.29. The molecular weight excluding hydrogens is 254 g/mol. The quantitative estimate of drug-likeness (QED) is 0.593. The zero-order valence-electron chi connectivity index (χ0n) is 11.9. The first kappa shape index (κ1) is 14.9. The van der Waals surface area contributed by atoms with Gasteiger partial charge in [0.1, 0.15) is 5.50 Å². The van der Waals surface area contributed by atoms with E-state index in [1.807, 2.05) is 7.05 Å². The van der Waals surface area contributed by atoms with Gasteiger partial charge in [0.05, 0.1) is 0 Å². The van der Waals surface area contributed by atoms with Crippen molar-refractivity contribution in [2.45, 2.75) is 43.0 Å². The molecule has 4 heteroatoms. The molecule has 0 heterocycles.